The summed E-state index contributed by atoms with van der Waals surface area (Å²) in [6.07, 6.45) is 0. The second-order valence-electron chi connectivity index (χ2n) is 4.87. The average Bonchev–Trinajstić information content (AvgIpc) is 2.59. The lowest BCUT2D eigenvalue weighted by molar-refractivity contribution is -0.393. The van der Waals surface area contributed by atoms with Crippen molar-refractivity contribution in [3.63, 3.8) is 0 Å². The smallest absolute Gasteiger partial charge is 0.340 e. The van der Waals surface area contributed by atoms with Crippen LogP contribution >= 0.6 is 0 Å². The second-order valence-corrected chi connectivity index (χ2v) is 4.87. The van der Waals surface area contributed by atoms with Crippen LogP contribution < -0.4 is 5.32 Å². The number of anilines is 1. The molecule has 0 spiro atoms. The minimum Gasteiger partial charge on any atom is -0.465 e. The Morgan fingerprint density at radius 3 is 2.32 bits per heavy atom. The lowest BCUT2D eigenvalue weighted by Gasteiger charge is -2.11. The van der Waals surface area contributed by atoms with Crippen LogP contribution in [-0.4, -0.2) is 22.9 Å². The Hall–Kier alpha value is -3.56. The van der Waals surface area contributed by atoms with Crippen LogP contribution in [0.5, 0.6) is 0 Å². The van der Waals surface area contributed by atoms with E-state index in [1.54, 1.807) is 0 Å². The molecular weight excluding hydrogens is 337 g/mol. The Morgan fingerprint density at radius 1 is 1.16 bits per heavy atom. The molecule has 0 fully saturated rings. The number of halogens is 1. The molecule has 0 unspecified atom stereocenters. The number of benzene rings is 2. The summed E-state index contributed by atoms with van der Waals surface area (Å²) in [5, 5.41) is 24.9. The van der Waals surface area contributed by atoms with Gasteiger partial charge in [0.1, 0.15) is 11.5 Å². The number of carbonyl (C=O) groups excluding carboxylic acids is 1. The van der Waals surface area contributed by atoms with Crippen LogP contribution in [0, 0.1) is 26.0 Å². The number of methoxy groups -OCH3 is 1. The number of rotatable bonds is 6. The van der Waals surface area contributed by atoms with E-state index < -0.39 is 33.0 Å². The Balaban J connectivity index is 2.48. The van der Waals surface area contributed by atoms with Crippen molar-refractivity contribution >= 4 is 23.0 Å². The maximum Gasteiger partial charge on any atom is 0.340 e. The molecule has 0 aliphatic rings. The maximum absolute atomic E-state index is 12.9. The number of hydrogen-bond acceptors (Lipinski definition) is 7. The van der Waals surface area contributed by atoms with Gasteiger partial charge in [0.2, 0.25) is 0 Å². The van der Waals surface area contributed by atoms with Crippen molar-refractivity contribution in [3.05, 3.63) is 73.6 Å². The molecule has 0 heterocycles. The van der Waals surface area contributed by atoms with Gasteiger partial charge in [-0.1, -0.05) is 12.1 Å². The first-order valence-corrected chi connectivity index (χ1v) is 6.87. The van der Waals surface area contributed by atoms with Crippen molar-refractivity contribution in [1.29, 1.82) is 0 Å². The van der Waals surface area contributed by atoms with Crippen LogP contribution in [-0.2, 0) is 11.3 Å². The largest absolute Gasteiger partial charge is 0.465 e. The molecule has 2 aromatic carbocycles. The highest BCUT2D eigenvalue weighted by Crippen LogP contribution is 2.34. The lowest BCUT2D eigenvalue weighted by Crippen LogP contribution is -2.11. The monoisotopic (exact) mass is 349 g/mol. The number of nitro benzene ring substituents is 2. The molecule has 0 radical (unpaired) electrons. The third-order valence-electron chi connectivity index (χ3n) is 3.30. The number of carbonyl (C=O) groups is 1. The molecule has 2 aromatic rings. The SMILES string of the molecule is COC(=O)c1cc([N+](=O)[O-])cc([N+](=O)[O-])c1NCc1ccc(F)cc1. The summed E-state index contributed by atoms with van der Waals surface area (Å²) in [4.78, 5) is 32.4. The topological polar surface area (TPSA) is 125 Å². The van der Waals surface area contributed by atoms with E-state index in [9.17, 15) is 29.4 Å². The van der Waals surface area contributed by atoms with Crippen molar-refractivity contribution in [2.24, 2.45) is 0 Å². The Kier molecular flexibility index (Phi) is 5.22. The molecule has 0 aliphatic heterocycles. The molecule has 1 N–H and O–H groups in total. The highest BCUT2D eigenvalue weighted by molar-refractivity contribution is 5.99. The fourth-order valence-electron chi connectivity index (χ4n) is 2.11. The summed E-state index contributed by atoms with van der Waals surface area (Å²) in [6, 6.07) is 6.98. The van der Waals surface area contributed by atoms with Gasteiger partial charge in [-0.25, -0.2) is 9.18 Å². The molecule has 0 amide bonds. The molecule has 9 nitrogen and oxygen atoms in total. The van der Waals surface area contributed by atoms with Gasteiger partial charge in [-0.05, 0) is 17.7 Å². The minimum absolute atomic E-state index is 0.0307. The number of non-ortho nitro benzene ring substituents is 1. The van der Waals surface area contributed by atoms with Gasteiger partial charge in [0, 0.05) is 12.6 Å². The third-order valence-corrected chi connectivity index (χ3v) is 3.30. The summed E-state index contributed by atoms with van der Waals surface area (Å²) < 4.78 is 17.5. The zero-order chi connectivity index (χ0) is 18.6. The van der Waals surface area contributed by atoms with E-state index in [1.165, 1.54) is 24.3 Å². The Labute approximate surface area is 140 Å². The highest BCUT2D eigenvalue weighted by Gasteiger charge is 2.27. The van der Waals surface area contributed by atoms with Gasteiger partial charge in [0.15, 0.2) is 0 Å². The zero-order valence-corrected chi connectivity index (χ0v) is 12.9. The predicted molar refractivity (Wildman–Crippen MR) is 84.8 cm³/mol. The van der Waals surface area contributed by atoms with Gasteiger partial charge in [-0.3, -0.25) is 20.2 Å². The van der Waals surface area contributed by atoms with Gasteiger partial charge in [-0.15, -0.1) is 0 Å². The van der Waals surface area contributed by atoms with Crippen LogP contribution in [0.4, 0.5) is 21.5 Å². The first-order chi connectivity index (χ1) is 11.8. The fourth-order valence-corrected chi connectivity index (χ4v) is 2.11. The molecule has 0 aliphatic carbocycles. The van der Waals surface area contributed by atoms with Gasteiger partial charge in [0.05, 0.1) is 28.6 Å². The van der Waals surface area contributed by atoms with E-state index in [0.29, 0.717) is 5.56 Å². The molecule has 0 atom stereocenters. The summed E-state index contributed by atoms with van der Waals surface area (Å²) in [7, 11) is 1.05. The van der Waals surface area contributed by atoms with Gasteiger partial charge in [0.25, 0.3) is 11.4 Å². The Morgan fingerprint density at radius 2 is 1.80 bits per heavy atom. The summed E-state index contributed by atoms with van der Waals surface area (Å²) in [5.74, 6) is -1.41. The minimum atomic E-state index is -0.964. The van der Waals surface area contributed by atoms with E-state index >= 15 is 0 Å². The number of nitro groups is 2. The van der Waals surface area contributed by atoms with Crippen molar-refractivity contribution in [2.45, 2.75) is 6.54 Å². The first kappa shape index (κ1) is 17.8. The molecule has 130 valence electrons. The first-order valence-electron chi connectivity index (χ1n) is 6.87. The molecule has 0 bridgehead atoms. The highest BCUT2D eigenvalue weighted by atomic mass is 19.1. The van der Waals surface area contributed by atoms with E-state index in [1.807, 2.05) is 0 Å². The van der Waals surface area contributed by atoms with E-state index in [0.717, 1.165) is 19.2 Å². The number of ether oxygens (including phenoxy) is 1. The number of esters is 1. The van der Waals surface area contributed by atoms with Crippen molar-refractivity contribution in [2.75, 3.05) is 12.4 Å². The van der Waals surface area contributed by atoms with Gasteiger partial charge < -0.3 is 10.1 Å². The standard InChI is InChI=1S/C15H12FN3O6/c1-25-15(20)12-6-11(18(21)22)7-13(19(23)24)14(12)17-8-9-2-4-10(16)5-3-9/h2-7,17H,8H2,1H3. The van der Waals surface area contributed by atoms with Crippen molar-refractivity contribution < 1.29 is 23.8 Å². The van der Waals surface area contributed by atoms with Gasteiger partial charge >= 0.3 is 5.97 Å². The predicted octanol–water partition coefficient (Wildman–Crippen LogP) is 3.04. The summed E-state index contributed by atoms with van der Waals surface area (Å²) in [5.41, 5.74) is -1.22. The lowest BCUT2D eigenvalue weighted by atomic mass is 10.1. The molecule has 0 aromatic heterocycles. The second kappa shape index (κ2) is 7.34. The van der Waals surface area contributed by atoms with Crippen LogP contribution in [0.1, 0.15) is 15.9 Å². The molecule has 2 rings (SSSR count). The van der Waals surface area contributed by atoms with E-state index in [2.05, 4.69) is 10.1 Å². The quantitative estimate of drug-likeness (QED) is 0.482. The number of nitrogens with zero attached hydrogens (tertiary/aromatic N) is 2. The third kappa shape index (κ3) is 4.05. The molecular formula is C15H12FN3O6. The normalized spacial score (nSPS) is 10.2. The molecule has 25 heavy (non-hydrogen) atoms. The zero-order valence-electron chi connectivity index (χ0n) is 12.9. The molecule has 10 heteroatoms. The van der Waals surface area contributed by atoms with Crippen molar-refractivity contribution in [3.8, 4) is 0 Å². The Bertz CT molecular complexity index is 838. The molecule has 0 saturated heterocycles. The fraction of sp³-hybridized carbons (Fsp3) is 0.133. The van der Waals surface area contributed by atoms with Crippen LogP contribution in [0.25, 0.3) is 0 Å². The van der Waals surface area contributed by atoms with Crippen LogP contribution in [0.2, 0.25) is 0 Å². The number of nitrogens with one attached hydrogen (secondary N) is 1. The molecule has 0 saturated carbocycles. The number of hydrogen-bond donors (Lipinski definition) is 1. The van der Waals surface area contributed by atoms with Gasteiger partial charge in [-0.2, -0.15) is 0 Å². The van der Waals surface area contributed by atoms with E-state index in [4.69, 9.17) is 0 Å². The van der Waals surface area contributed by atoms with E-state index in [-0.39, 0.29) is 17.8 Å². The average molecular weight is 349 g/mol. The van der Waals surface area contributed by atoms with Crippen molar-refractivity contribution in [1.82, 2.24) is 0 Å². The van der Waals surface area contributed by atoms with Crippen LogP contribution in [0.3, 0.4) is 0 Å². The summed E-state index contributed by atoms with van der Waals surface area (Å²) in [6.45, 7) is 0.0307. The maximum atomic E-state index is 12.9. The summed E-state index contributed by atoms with van der Waals surface area (Å²) >= 11 is 0. The van der Waals surface area contributed by atoms with Crippen LogP contribution in [0.15, 0.2) is 36.4 Å².